The van der Waals surface area contributed by atoms with Crippen molar-refractivity contribution in [3.63, 3.8) is 0 Å². The Balaban J connectivity index is 1.68. The molecule has 1 amide bonds. The van der Waals surface area contributed by atoms with Crippen LogP contribution in [0.15, 0.2) is 12.1 Å². The van der Waals surface area contributed by atoms with Gasteiger partial charge in [0.25, 0.3) is 0 Å². The highest BCUT2D eigenvalue weighted by Crippen LogP contribution is 2.45. The zero-order valence-electron chi connectivity index (χ0n) is 15.4. The lowest BCUT2D eigenvalue weighted by atomic mass is 9.86. The van der Waals surface area contributed by atoms with Crippen LogP contribution in [0.5, 0.6) is 0 Å². The lowest BCUT2D eigenvalue weighted by molar-refractivity contribution is -0.149. The summed E-state index contributed by atoms with van der Waals surface area (Å²) < 4.78 is 37.7. The summed E-state index contributed by atoms with van der Waals surface area (Å²) in [4.78, 5) is 37.3. The van der Waals surface area contributed by atoms with Crippen LogP contribution in [0.2, 0.25) is 0 Å². The number of ketones is 2. The minimum atomic E-state index is -4.32. The molecule has 2 aliphatic rings. The summed E-state index contributed by atoms with van der Waals surface area (Å²) >= 11 is 0. The summed E-state index contributed by atoms with van der Waals surface area (Å²) in [6.45, 7) is 5.63. The second kappa shape index (κ2) is 6.77. The molecule has 0 radical (unpaired) electrons. The highest BCUT2D eigenvalue weighted by Gasteiger charge is 2.56. The third kappa shape index (κ3) is 3.92. The summed E-state index contributed by atoms with van der Waals surface area (Å²) in [7, 11) is 0. The number of carbonyl (C=O) groups excluding carboxylic acids is 3. The summed E-state index contributed by atoms with van der Waals surface area (Å²) in [5, 5.41) is 2.34. The normalized spacial score (nSPS) is 27.8. The summed E-state index contributed by atoms with van der Waals surface area (Å²) in [6, 6.07) is 2.91. The van der Waals surface area contributed by atoms with E-state index in [1.807, 2.05) is 32.9 Å². The number of nitrogens with one attached hydrogen (secondary N) is 1. The predicted octanol–water partition coefficient (Wildman–Crippen LogP) is 3.31. The van der Waals surface area contributed by atoms with E-state index in [0.29, 0.717) is 5.56 Å². The van der Waals surface area contributed by atoms with Crippen LogP contribution in [0, 0.1) is 32.6 Å². The molecular weight excluding hydrogens is 359 g/mol. The molecule has 2 aliphatic carbocycles. The number of carbonyl (C=O) groups is 3. The van der Waals surface area contributed by atoms with E-state index in [1.54, 1.807) is 0 Å². The molecular formula is C20H22F3NO3. The van der Waals surface area contributed by atoms with Crippen molar-refractivity contribution in [3.05, 3.63) is 34.4 Å². The fraction of sp³-hybridized carbons (Fsp3) is 0.550. The van der Waals surface area contributed by atoms with Crippen molar-refractivity contribution >= 4 is 17.5 Å². The Hall–Kier alpha value is -2.18. The number of hydrogen-bond acceptors (Lipinski definition) is 3. The van der Waals surface area contributed by atoms with E-state index < -0.39 is 35.9 Å². The van der Waals surface area contributed by atoms with Crippen molar-refractivity contribution in [2.75, 3.05) is 0 Å². The molecule has 2 fully saturated rings. The first kappa shape index (κ1) is 19.6. The van der Waals surface area contributed by atoms with Gasteiger partial charge in [0, 0.05) is 24.8 Å². The van der Waals surface area contributed by atoms with E-state index in [2.05, 4.69) is 5.32 Å². The van der Waals surface area contributed by atoms with Crippen molar-refractivity contribution in [2.24, 2.45) is 11.8 Å². The minimum Gasteiger partial charge on any atom is -0.353 e. The van der Waals surface area contributed by atoms with Gasteiger partial charge in [-0.2, -0.15) is 13.2 Å². The summed E-state index contributed by atoms with van der Waals surface area (Å²) in [5.41, 5.74) is 3.44. The number of Topliss-reactive ketones (excluding diaryl/α,β-unsaturated/α-hetero) is 2. The Bertz CT molecular complexity index is 792. The van der Waals surface area contributed by atoms with Crippen LogP contribution >= 0.6 is 0 Å². The van der Waals surface area contributed by atoms with Gasteiger partial charge in [-0.15, -0.1) is 0 Å². The van der Waals surface area contributed by atoms with Crippen LogP contribution < -0.4 is 5.32 Å². The Labute approximate surface area is 155 Å². The number of benzene rings is 1. The quantitative estimate of drug-likeness (QED) is 0.814. The highest BCUT2D eigenvalue weighted by molar-refractivity contribution is 6.15. The summed E-state index contributed by atoms with van der Waals surface area (Å²) in [5.74, 6) is -4.30. The van der Waals surface area contributed by atoms with Gasteiger partial charge in [0.15, 0.2) is 5.78 Å². The third-order valence-electron chi connectivity index (χ3n) is 5.47. The molecule has 4 nitrogen and oxygen atoms in total. The predicted molar refractivity (Wildman–Crippen MR) is 92.2 cm³/mol. The largest absolute Gasteiger partial charge is 0.393 e. The molecule has 3 rings (SSSR count). The van der Waals surface area contributed by atoms with Crippen LogP contribution in [0.3, 0.4) is 0 Å². The molecule has 1 N–H and O–H groups in total. The second-order valence-electron chi connectivity index (χ2n) is 7.78. The minimum absolute atomic E-state index is 0.0446. The maximum absolute atomic E-state index is 12.8. The van der Waals surface area contributed by atoms with Gasteiger partial charge in [-0.05, 0) is 43.9 Å². The topological polar surface area (TPSA) is 63.2 Å². The van der Waals surface area contributed by atoms with Crippen molar-refractivity contribution in [1.82, 2.24) is 5.32 Å². The van der Waals surface area contributed by atoms with Gasteiger partial charge >= 0.3 is 6.18 Å². The molecule has 2 saturated carbocycles. The van der Waals surface area contributed by atoms with Gasteiger partial charge in [0.1, 0.15) is 11.7 Å². The number of halogens is 3. The van der Waals surface area contributed by atoms with E-state index in [9.17, 15) is 27.6 Å². The summed E-state index contributed by atoms with van der Waals surface area (Å²) in [6.07, 6.45) is -4.73. The lowest BCUT2D eigenvalue weighted by Gasteiger charge is -2.16. The Kier molecular flexibility index (Phi) is 4.91. The highest BCUT2D eigenvalue weighted by atomic mass is 19.4. The average Bonchev–Trinajstić information content (AvgIpc) is 3.23. The lowest BCUT2D eigenvalue weighted by Crippen LogP contribution is -2.32. The molecule has 27 heavy (non-hydrogen) atoms. The van der Waals surface area contributed by atoms with Gasteiger partial charge < -0.3 is 5.32 Å². The fourth-order valence-corrected chi connectivity index (χ4v) is 4.18. The number of rotatable bonds is 4. The van der Waals surface area contributed by atoms with Crippen LogP contribution in [-0.4, -0.2) is 29.7 Å². The maximum Gasteiger partial charge on any atom is 0.393 e. The number of amides is 1. The van der Waals surface area contributed by atoms with E-state index in [4.69, 9.17) is 0 Å². The van der Waals surface area contributed by atoms with Gasteiger partial charge in [-0.25, -0.2) is 0 Å². The molecule has 0 heterocycles. The third-order valence-corrected chi connectivity index (χ3v) is 5.47. The van der Waals surface area contributed by atoms with E-state index >= 15 is 0 Å². The molecule has 4 atom stereocenters. The number of alkyl halides is 3. The standard InChI is InChI=1S/C20H22F3NO3/c1-9-4-10(2)17(11(3)5-9)18-15(25)6-12(19(18)27)7-16(26)24-14-8-13(14)20(21,22)23/h4-5,12-14,18H,6-8H2,1-3H3,(H,24,26). The van der Waals surface area contributed by atoms with E-state index in [-0.39, 0.29) is 30.8 Å². The Morgan fingerprint density at radius 1 is 1.15 bits per heavy atom. The smallest absolute Gasteiger partial charge is 0.353 e. The van der Waals surface area contributed by atoms with Gasteiger partial charge in [0.2, 0.25) is 5.91 Å². The molecule has 0 spiro atoms. The molecule has 7 heteroatoms. The molecule has 4 unspecified atom stereocenters. The maximum atomic E-state index is 12.8. The van der Waals surface area contributed by atoms with Crippen LogP contribution in [0.25, 0.3) is 0 Å². The molecule has 0 aromatic heterocycles. The van der Waals surface area contributed by atoms with Gasteiger partial charge in [0.05, 0.1) is 5.92 Å². The first-order valence-corrected chi connectivity index (χ1v) is 8.99. The van der Waals surface area contributed by atoms with Crippen molar-refractivity contribution in [2.45, 2.75) is 58.2 Å². The van der Waals surface area contributed by atoms with Crippen LogP contribution in [-0.2, 0) is 14.4 Å². The van der Waals surface area contributed by atoms with E-state index in [1.165, 1.54) is 0 Å². The fourth-order valence-electron chi connectivity index (χ4n) is 4.18. The molecule has 1 aromatic carbocycles. The SMILES string of the molecule is Cc1cc(C)c(C2C(=O)CC(CC(=O)NC3CC3C(F)(F)F)C2=O)c(C)c1. The van der Waals surface area contributed by atoms with Crippen LogP contribution in [0.4, 0.5) is 13.2 Å². The van der Waals surface area contributed by atoms with Gasteiger partial charge in [-0.1, -0.05) is 17.7 Å². The molecule has 146 valence electrons. The number of aryl methyl sites for hydroxylation is 3. The van der Waals surface area contributed by atoms with E-state index in [0.717, 1.165) is 16.7 Å². The Morgan fingerprint density at radius 2 is 1.74 bits per heavy atom. The molecule has 1 aromatic rings. The van der Waals surface area contributed by atoms with Crippen molar-refractivity contribution in [1.29, 1.82) is 0 Å². The molecule has 0 aliphatic heterocycles. The molecule has 0 bridgehead atoms. The zero-order chi connectivity index (χ0) is 20.1. The monoisotopic (exact) mass is 381 g/mol. The molecule has 0 saturated heterocycles. The first-order chi connectivity index (χ1) is 12.5. The first-order valence-electron chi connectivity index (χ1n) is 8.99. The average molecular weight is 381 g/mol. The number of hydrogen-bond donors (Lipinski definition) is 1. The van der Waals surface area contributed by atoms with Gasteiger partial charge in [-0.3, -0.25) is 14.4 Å². The Morgan fingerprint density at radius 3 is 2.26 bits per heavy atom. The van der Waals surface area contributed by atoms with Crippen molar-refractivity contribution in [3.8, 4) is 0 Å². The van der Waals surface area contributed by atoms with Crippen molar-refractivity contribution < 1.29 is 27.6 Å². The second-order valence-corrected chi connectivity index (χ2v) is 7.78. The zero-order valence-corrected chi connectivity index (χ0v) is 15.4. The van der Waals surface area contributed by atoms with Crippen LogP contribution in [0.1, 0.15) is 47.4 Å².